The van der Waals surface area contributed by atoms with Gasteiger partial charge < -0.3 is 9.64 Å². The van der Waals surface area contributed by atoms with E-state index >= 15 is 0 Å². The largest absolute Gasteiger partial charge is 0.381 e. The van der Waals surface area contributed by atoms with Crippen molar-refractivity contribution in [1.29, 1.82) is 0 Å². The van der Waals surface area contributed by atoms with Gasteiger partial charge in [-0.1, -0.05) is 13.8 Å². The van der Waals surface area contributed by atoms with Gasteiger partial charge in [0.25, 0.3) is 5.91 Å². The third kappa shape index (κ3) is 2.32. The normalized spacial score (nSPS) is 22.8. The Kier molecular flexibility index (Phi) is 4.10. The smallest absolute Gasteiger partial charge is 0.274 e. The first-order valence-electron chi connectivity index (χ1n) is 8.17. The van der Waals surface area contributed by atoms with Gasteiger partial charge in [0.15, 0.2) is 0 Å². The molecule has 0 aromatic carbocycles. The first-order valence-corrected chi connectivity index (χ1v) is 8.17. The third-order valence-electron chi connectivity index (χ3n) is 5.59. The Labute approximate surface area is 136 Å². The van der Waals surface area contributed by atoms with Crippen molar-refractivity contribution in [3.8, 4) is 0 Å². The summed E-state index contributed by atoms with van der Waals surface area (Å²) in [6.07, 6.45) is 8.36. The number of fused-ring (bicyclic) bond motifs is 1. The number of hydrogen-bond donors (Lipinski definition) is 0. The van der Waals surface area contributed by atoms with Crippen LogP contribution >= 0.6 is 0 Å². The lowest BCUT2D eigenvalue weighted by Crippen LogP contribution is -2.64. The quantitative estimate of drug-likeness (QED) is 0.850. The zero-order valence-corrected chi connectivity index (χ0v) is 14.2. The molecule has 1 amide bonds. The Bertz CT molecular complexity index is 674. The predicted molar refractivity (Wildman–Crippen MR) is 87.3 cm³/mol. The van der Waals surface area contributed by atoms with Crippen LogP contribution in [0.25, 0.3) is 5.78 Å². The number of amides is 1. The molecule has 0 spiro atoms. The fourth-order valence-electron chi connectivity index (χ4n) is 4.03. The maximum absolute atomic E-state index is 12.8. The molecule has 6 nitrogen and oxygen atoms in total. The van der Waals surface area contributed by atoms with Gasteiger partial charge in [0.2, 0.25) is 5.78 Å². The molecule has 124 valence electrons. The number of carbonyl (C=O) groups excluding carboxylic acids is 1. The molecular weight excluding hydrogens is 292 g/mol. The zero-order valence-electron chi connectivity index (χ0n) is 14.2. The molecule has 1 saturated carbocycles. The lowest BCUT2D eigenvalue weighted by Gasteiger charge is -2.57. The van der Waals surface area contributed by atoms with Crippen molar-refractivity contribution in [2.75, 3.05) is 14.2 Å². The summed E-state index contributed by atoms with van der Waals surface area (Å²) in [4.78, 5) is 23.2. The van der Waals surface area contributed by atoms with Crippen molar-refractivity contribution in [2.45, 2.75) is 45.3 Å². The summed E-state index contributed by atoms with van der Waals surface area (Å²) in [7, 11) is 3.63. The van der Waals surface area contributed by atoms with Gasteiger partial charge in [-0.2, -0.15) is 0 Å². The fraction of sp³-hybridized carbons (Fsp3) is 0.588. The van der Waals surface area contributed by atoms with Crippen LogP contribution in [0.2, 0.25) is 0 Å². The summed E-state index contributed by atoms with van der Waals surface area (Å²) in [5.41, 5.74) is 0.476. The number of hydrogen-bond acceptors (Lipinski definition) is 4. The van der Waals surface area contributed by atoms with Gasteiger partial charge in [0, 0.05) is 44.2 Å². The molecular formula is C17H24N4O2. The van der Waals surface area contributed by atoms with Crippen LogP contribution in [0.3, 0.4) is 0 Å². The Morgan fingerprint density at radius 2 is 2.22 bits per heavy atom. The summed E-state index contributed by atoms with van der Waals surface area (Å²) in [5.74, 6) is 0.492. The van der Waals surface area contributed by atoms with E-state index < -0.39 is 0 Å². The van der Waals surface area contributed by atoms with Crippen LogP contribution in [0, 0.1) is 5.41 Å². The Morgan fingerprint density at radius 1 is 1.48 bits per heavy atom. The number of aromatic nitrogens is 3. The summed E-state index contributed by atoms with van der Waals surface area (Å²) in [6.45, 7) is 4.35. The van der Waals surface area contributed by atoms with E-state index in [4.69, 9.17) is 4.74 Å². The minimum Gasteiger partial charge on any atom is -0.381 e. The van der Waals surface area contributed by atoms with Gasteiger partial charge in [-0.3, -0.25) is 9.20 Å². The fourth-order valence-corrected chi connectivity index (χ4v) is 4.03. The predicted octanol–water partition coefficient (Wildman–Crippen LogP) is 2.40. The molecule has 6 heteroatoms. The van der Waals surface area contributed by atoms with Crippen LogP contribution in [0.1, 0.15) is 43.6 Å². The van der Waals surface area contributed by atoms with E-state index in [1.54, 1.807) is 23.9 Å². The van der Waals surface area contributed by atoms with E-state index in [9.17, 15) is 4.79 Å². The van der Waals surface area contributed by atoms with Gasteiger partial charge >= 0.3 is 0 Å². The molecule has 2 heterocycles. The highest BCUT2D eigenvalue weighted by Crippen LogP contribution is 2.51. The van der Waals surface area contributed by atoms with E-state index in [1.165, 1.54) is 0 Å². The number of imidazole rings is 1. The zero-order chi connectivity index (χ0) is 16.6. The van der Waals surface area contributed by atoms with Crippen molar-refractivity contribution < 1.29 is 9.53 Å². The average Bonchev–Trinajstić information content (AvgIpc) is 2.99. The van der Waals surface area contributed by atoms with Crippen LogP contribution in [0.4, 0.5) is 0 Å². The lowest BCUT2D eigenvalue weighted by molar-refractivity contribution is -0.147. The van der Waals surface area contributed by atoms with Crippen molar-refractivity contribution in [2.24, 2.45) is 5.41 Å². The van der Waals surface area contributed by atoms with Crippen molar-refractivity contribution in [3.05, 3.63) is 30.4 Å². The molecule has 1 fully saturated rings. The molecule has 0 bridgehead atoms. The lowest BCUT2D eigenvalue weighted by atomic mass is 9.58. The van der Waals surface area contributed by atoms with Gasteiger partial charge in [-0.15, -0.1) is 0 Å². The SMILES string of the molecule is CCC1(CC)C(OC)CC1N(C)C(=O)c1cn2cccnc2n1. The highest BCUT2D eigenvalue weighted by atomic mass is 16.5. The molecule has 2 atom stereocenters. The molecule has 1 aliphatic carbocycles. The highest BCUT2D eigenvalue weighted by molar-refractivity contribution is 5.93. The monoisotopic (exact) mass is 316 g/mol. The molecule has 2 unspecified atom stereocenters. The standard InChI is InChI=1S/C17H24N4O2/c1-5-17(6-2)13(10-14(17)23-4)20(3)15(22)12-11-21-9-7-8-18-16(21)19-12/h7-9,11,13-14H,5-6,10H2,1-4H3. The maximum atomic E-state index is 12.8. The van der Waals surface area contributed by atoms with Gasteiger partial charge in [0.05, 0.1) is 6.10 Å². The Morgan fingerprint density at radius 3 is 2.83 bits per heavy atom. The highest BCUT2D eigenvalue weighted by Gasteiger charge is 2.55. The van der Waals surface area contributed by atoms with Crippen LogP contribution in [0.15, 0.2) is 24.7 Å². The number of rotatable bonds is 5. The molecule has 1 aliphatic rings. The Balaban J connectivity index is 1.85. The van der Waals surface area contributed by atoms with Crippen molar-refractivity contribution in [1.82, 2.24) is 19.3 Å². The molecule has 0 aliphatic heterocycles. The van der Waals surface area contributed by atoms with Gasteiger partial charge in [-0.25, -0.2) is 9.97 Å². The number of carbonyl (C=O) groups is 1. The molecule has 0 N–H and O–H groups in total. The second-order valence-electron chi connectivity index (χ2n) is 6.29. The van der Waals surface area contributed by atoms with E-state index in [0.717, 1.165) is 19.3 Å². The minimum atomic E-state index is -0.0543. The number of ether oxygens (including phenoxy) is 1. The van der Waals surface area contributed by atoms with Crippen LogP contribution < -0.4 is 0 Å². The molecule has 2 aromatic heterocycles. The summed E-state index contributed by atoms with van der Waals surface area (Å²) in [6, 6.07) is 2.01. The summed E-state index contributed by atoms with van der Waals surface area (Å²) < 4.78 is 7.40. The van der Waals surface area contributed by atoms with Crippen LogP contribution in [-0.2, 0) is 4.74 Å². The first kappa shape index (κ1) is 15.9. The first-order chi connectivity index (χ1) is 11.1. The third-order valence-corrected chi connectivity index (χ3v) is 5.59. The van der Waals surface area contributed by atoms with E-state index in [1.807, 2.05) is 24.2 Å². The van der Waals surface area contributed by atoms with E-state index in [0.29, 0.717) is 11.5 Å². The molecule has 0 saturated heterocycles. The minimum absolute atomic E-state index is 0.0383. The van der Waals surface area contributed by atoms with Gasteiger partial charge in [-0.05, 0) is 25.3 Å². The topological polar surface area (TPSA) is 59.7 Å². The molecule has 23 heavy (non-hydrogen) atoms. The number of nitrogens with zero attached hydrogens (tertiary/aromatic N) is 4. The van der Waals surface area contributed by atoms with Crippen molar-refractivity contribution >= 4 is 11.7 Å². The van der Waals surface area contributed by atoms with Crippen LogP contribution in [-0.4, -0.2) is 51.5 Å². The second kappa shape index (κ2) is 5.92. The van der Waals surface area contributed by atoms with Gasteiger partial charge in [0.1, 0.15) is 5.69 Å². The van der Waals surface area contributed by atoms with Crippen molar-refractivity contribution in [3.63, 3.8) is 0 Å². The molecule has 0 radical (unpaired) electrons. The van der Waals surface area contributed by atoms with E-state index in [-0.39, 0.29) is 23.5 Å². The maximum Gasteiger partial charge on any atom is 0.274 e. The molecule has 2 aromatic rings. The van der Waals surface area contributed by atoms with Crippen LogP contribution in [0.5, 0.6) is 0 Å². The second-order valence-corrected chi connectivity index (χ2v) is 6.29. The summed E-state index contributed by atoms with van der Waals surface area (Å²) in [5, 5.41) is 0. The Hall–Kier alpha value is -1.95. The number of methoxy groups -OCH3 is 1. The average molecular weight is 316 g/mol. The molecule has 3 rings (SSSR count). The van der Waals surface area contributed by atoms with E-state index in [2.05, 4.69) is 23.8 Å². The summed E-state index contributed by atoms with van der Waals surface area (Å²) >= 11 is 0.